The van der Waals surface area contributed by atoms with E-state index in [2.05, 4.69) is 35.4 Å². The van der Waals surface area contributed by atoms with Gasteiger partial charge in [0, 0.05) is 36.9 Å². The summed E-state index contributed by atoms with van der Waals surface area (Å²) in [5.41, 5.74) is 2.36. The molecule has 4 nitrogen and oxygen atoms in total. The Hall–Kier alpha value is -1.68. The molecule has 1 aromatic rings. The lowest BCUT2D eigenvalue weighted by atomic mass is 10.1. The topological polar surface area (TPSA) is 35.9 Å². The third-order valence-electron chi connectivity index (χ3n) is 3.80. The number of aliphatic imine (C=N–C) groups is 1. The molecule has 0 aromatic heterocycles. The van der Waals surface area contributed by atoms with Crippen LogP contribution >= 0.6 is 0 Å². The molecule has 1 heterocycles. The molecule has 102 valence electrons. The number of benzene rings is 1. The van der Waals surface area contributed by atoms with E-state index in [1.165, 1.54) is 0 Å². The van der Waals surface area contributed by atoms with Crippen LogP contribution in [-0.2, 0) is 0 Å². The van der Waals surface area contributed by atoms with Gasteiger partial charge < -0.3 is 4.90 Å². The molecule has 1 unspecified atom stereocenters. The van der Waals surface area contributed by atoms with E-state index in [-0.39, 0.29) is 0 Å². The van der Waals surface area contributed by atoms with Crippen LogP contribution in [0.2, 0.25) is 0 Å². The first-order valence-electron chi connectivity index (χ1n) is 6.74. The quantitative estimate of drug-likeness (QED) is 0.615. The zero-order valence-electron chi connectivity index (χ0n) is 11.7. The Morgan fingerprint density at radius 1 is 1.47 bits per heavy atom. The third-order valence-corrected chi connectivity index (χ3v) is 3.80. The van der Waals surface area contributed by atoms with Crippen molar-refractivity contribution in [1.29, 1.82) is 0 Å². The number of carbonyl (C=O) groups is 1. The number of nitrogens with zero attached hydrogens (tertiary/aromatic N) is 3. The van der Waals surface area contributed by atoms with Crippen LogP contribution in [-0.4, -0.2) is 50.1 Å². The highest BCUT2D eigenvalue weighted by Crippen LogP contribution is 2.26. The molecule has 1 saturated heterocycles. The Morgan fingerprint density at radius 3 is 2.84 bits per heavy atom. The predicted octanol–water partition coefficient (Wildman–Crippen LogP) is 2.36. The molecule has 0 N–H and O–H groups in total. The molecule has 1 aliphatic heterocycles. The summed E-state index contributed by atoms with van der Waals surface area (Å²) in [5.74, 6) is 0. The van der Waals surface area contributed by atoms with Crippen LogP contribution in [0.15, 0.2) is 23.2 Å². The minimum absolute atomic E-state index is 0.454. The number of piperazine rings is 1. The standard InChI is InChI=1S/C15H21N3O/c1-4-17-7-8-18(12(2)10-17)14-5-6-15(16-3)13(9-14)11-19/h5-6,9,11-12H,3-4,7-8,10H2,1-2H3. The van der Waals surface area contributed by atoms with E-state index < -0.39 is 0 Å². The van der Waals surface area contributed by atoms with Crippen molar-refractivity contribution in [3.8, 4) is 0 Å². The van der Waals surface area contributed by atoms with Crippen molar-refractivity contribution in [3.05, 3.63) is 23.8 Å². The van der Waals surface area contributed by atoms with Crippen LogP contribution in [0.4, 0.5) is 11.4 Å². The molecule has 0 bridgehead atoms. The minimum atomic E-state index is 0.454. The molecular weight excluding hydrogens is 238 g/mol. The van der Waals surface area contributed by atoms with Crippen LogP contribution < -0.4 is 4.90 Å². The molecule has 0 aliphatic carbocycles. The SMILES string of the molecule is C=Nc1ccc(N2CCN(CC)CC2C)cc1C=O. The van der Waals surface area contributed by atoms with Crippen molar-refractivity contribution in [2.45, 2.75) is 19.9 Å². The zero-order valence-corrected chi connectivity index (χ0v) is 11.7. The van der Waals surface area contributed by atoms with Crippen molar-refractivity contribution >= 4 is 24.4 Å². The van der Waals surface area contributed by atoms with Gasteiger partial charge in [0.1, 0.15) is 0 Å². The average molecular weight is 259 g/mol. The Morgan fingerprint density at radius 2 is 2.26 bits per heavy atom. The van der Waals surface area contributed by atoms with Crippen molar-refractivity contribution in [2.24, 2.45) is 4.99 Å². The van der Waals surface area contributed by atoms with Gasteiger partial charge >= 0.3 is 0 Å². The average Bonchev–Trinajstić information content (AvgIpc) is 2.46. The first-order valence-corrected chi connectivity index (χ1v) is 6.74. The minimum Gasteiger partial charge on any atom is -0.366 e. The molecular formula is C15H21N3O. The molecule has 1 aromatic carbocycles. The van der Waals surface area contributed by atoms with Crippen molar-refractivity contribution in [3.63, 3.8) is 0 Å². The highest BCUT2D eigenvalue weighted by atomic mass is 16.1. The number of hydrogen-bond donors (Lipinski definition) is 0. The molecule has 0 spiro atoms. The summed E-state index contributed by atoms with van der Waals surface area (Å²) < 4.78 is 0. The van der Waals surface area contributed by atoms with Crippen molar-refractivity contribution < 1.29 is 4.79 Å². The molecule has 1 aliphatic rings. The van der Waals surface area contributed by atoms with Gasteiger partial charge in [0.15, 0.2) is 6.29 Å². The number of hydrogen-bond acceptors (Lipinski definition) is 4. The van der Waals surface area contributed by atoms with Crippen molar-refractivity contribution in [1.82, 2.24) is 4.90 Å². The van der Waals surface area contributed by atoms with E-state index in [1.54, 1.807) is 0 Å². The molecule has 19 heavy (non-hydrogen) atoms. The number of likely N-dealkylation sites (N-methyl/N-ethyl adjacent to an activating group) is 1. The van der Waals surface area contributed by atoms with Gasteiger partial charge in [0.25, 0.3) is 0 Å². The summed E-state index contributed by atoms with van der Waals surface area (Å²) in [6.07, 6.45) is 0.848. The van der Waals surface area contributed by atoms with Crippen LogP contribution in [0.5, 0.6) is 0 Å². The first-order chi connectivity index (χ1) is 9.19. The van der Waals surface area contributed by atoms with E-state index in [9.17, 15) is 4.79 Å². The summed E-state index contributed by atoms with van der Waals surface area (Å²) in [4.78, 5) is 19.7. The summed E-state index contributed by atoms with van der Waals surface area (Å²) in [5, 5.41) is 0. The molecule has 2 rings (SSSR count). The van der Waals surface area contributed by atoms with Gasteiger partial charge in [-0.05, 0) is 38.4 Å². The number of aldehydes is 1. The van der Waals surface area contributed by atoms with Crippen LogP contribution in [0.25, 0.3) is 0 Å². The second kappa shape index (κ2) is 5.97. The monoisotopic (exact) mass is 259 g/mol. The highest BCUT2D eigenvalue weighted by Gasteiger charge is 2.23. The second-order valence-corrected chi connectivity index (χ2v) is 4.95. The number of anilines is 1. The maximum atomic E-state index is 11.1. The van der Waals surface area contributed by atoms with E-state index in [4.69, 9.17) is 0 Å². The fourth-order valence-corrected chi connectivity index (χ4v) is 2.66. The van der Waals surface area contributed by atoms with E-state index in [0.717, 1.165) is 38.2 Å². The number of rotatable bonds is 4. The second-order valence-electron chi connectivity index (χ2n) is 4.95. The lowest BCUT2D eigenvalue weighted by molar-refractivity contribution is 0.112. The molecule has 0 saturated carbocycles. The summed E-state index contributed by atoms with van der Waals surface area (Å²) >= 11 is 0. The maximum absolute atomic E-state index is 11.1. The Bertz CT molecular complexity index is 472. The maximum Gasteiger partial charge on any atom is 0.152 e. The van der Waals surface area contributed by atoms with Gasteiger partial charge in [-0.1, -0.05) is 6.92 Å². The number of carbonyl (C=O) groups excluding carboxylic acids is 1. The summed E-state index contributed by atoms with van der Waals surface area (Å²) in [6, 6.07) is 6.26. The zero-order chi connectivity index (χ0) is 13.8. The summed E-state index contributed by atoms with van der Waals surface area (Å²) in [6.45, 7) is 12.1. The van der Waals surface area contributed by atoms with Crippen LogP contribution in [0, 0.1) is 0 Å². The molecule has 4 heteroatoms. The van der Waals surface area contributed by atoms with Crippen LogP contribution in [0.1, 0.15) is 24.2 Å². The molecule has 0 radical (unpaired) electrons. The van der Waals surface area contributed by atoms with Gasteiger partial charge in [-0.2, -0.15) is 0 Å². The molecule has 0 amide bonds. The highest BCUT2D eigenvalue weighted by molar-refractivity contribution is 5.85. The van der Waals surface area contributed by atoms with Gasteiger partial charge in [-0.25, -0.2) is 0 Å². The molecule has 1 atom stereocenters. The lowest BCUT2D eigenvalue weighted by Gasteiger charge is -2.41. The third kappa shape index (κ3) is 2.84. The largest absolute Gasteiger partial charge is 0.366 e. The van der Waals surface area contributed by atoms with Gasteiger partial charge in [-0.15, -0.1) is 0 Å². The van der Waals surface area contributed by atoms with E-state index in [0.29, 0.717) is 17.3 Å². The Kier molecular flexibility index (Phi) is 4.32. The fourth-order valence-electron chi connectivity index (χ4n) is 2.66. The first kappa shape index (κ1) is 13.7. The predicted molar refractivity (Wildman–Crippen MR) is 80.0 cm³/mol. The lowest BCUT2D eigenvalue weighted by Crippen LogP contribution is -2.51. The summed E-state index contributed by atoms with van der Waals surface area (Å²) in [7, 11) is 0. The Labute approximate surface area is 114 Å². The fraction of sp³-hybridized carbons (Fsp3) is 0.467. The Balaban J connectivity index is 2.22. The van der Waals surface area contributed by atoms with E-state index >= 15 is 0 Å². The molecule has 1 fully saturated rings. The van der Waals surface area contributed by atoms with Gasteiger partial charge in [0.2, 0.25) is 0 Å². The van der Waals surface area contributed by atoms with Crippen LogP contribution in [0.3, 0.4) is 0 Å². The smallest absolute Gasteiger partial charge is 0.152 e. The van der Waals surface area contributed by atoms with Gasteiger partial charge in [0.05, 0.1) is 5.69 Å². The van der Waals surface area contributed by atoms with E-state index in [1.807, 2.05) is 18.2 Å². The van der Waals surface area contributed by atoms with Gasteiger partial charge in [-0.3, -0.25) is 14.7 Å². The normalized spacial score (nSPS) is 20.3. The van der Waals surface area contributed by atoms with Crippen molar-refractivity contribution in [2.75, 3.05) is 31.1 Å².